The number of nitrogens with one attached hydrogen (secondary N) is 1. The highest BCUT2D eigenvalue weighted by Gasteiger charge is 2.20. The maximum atomic E-state index is 9.24. The van der Waals surface area contributed by atoms with Gasteiger partial charge in [0.2, 0.25) is 17.5 Å². The van der Waals surface area contributed by atoms with Crippen LogP contribution in [0.2, 0.25) is 0 Å². The predicted molar refractivity (Wildman–Crippen MR) is 86.4 cm³/mol. The molecule has 0 unspecified atom stereocenters. The van der Waals surface area contributed by atoms with Crippen LogP contribution in [0.5, 0.6) is 0 Å². The lowest BCUT2D eigenvalue weighted by Crippen LogP contribution is -2.43. The van der Waals surface area contributed by atoms with E-state index in [1.807, 2.05) is 18.2 Å². The third-order valence-electron chi connectivity index (χ3n) is 3.63. The molecule has 2 heterocycles. The first-order valence-electron chi connectivity index (χ1n) is 7.37. The van der Waals surface area contributed by atoms with E-state index < -0.39 is 0 Å². The molecule has 3 rings (SSSR count). The molecule has 112 valence electrons. The summed E-state index contributed by atoms with van der Waals surface area (Å²) in [4.78, 5) is 6.32. The van der Waals surface area contributed by atoms with Crippen molar-refractivity contribution in [1.82, 2.24) is 10.3 Å². The lowest BCUT2D eigenvalue weighted by atomic mass is 10.1. The number of anilines is 1. The van der Waals surface area contributed by atoms with Gasteiger partial charge in [0.15, 0.2) is 0 Å². The van der Waals surface area contributed by atoms with Crippen molar-refractivity contribution in [2.75, 3.05) is 31.1 Å². The Morgan fingerprint density at radius 2 is 1.95 bits per heavy atom. The summed E-state index contributed by atoms with van der Waals surface area (Å²) < 4.78 is 5.77. The highest BCUT2D eigenvalue weighted by molar-refractivity contribution is 5.67. The minimum Gasteiger partial charge on any atom is -0.420 e. The normalized spacial score (nSPS) is 15.2. The molecule has 1 saturated heterocycles. The average Bonchev–Trinajstić information content (AvgIpc) is 2.98. The zero-order valence-electron chi connectivity index (χ0n) is 12.5. The zero-order valence-corrected chi connectivity index (χ0v) is 12.5. The number of nitriles is 1. The molecule has 0 aliphatic carbocycles. The van der Waals surface area contributed by atoms with Crippen LogP contribution in [0.15, 0.2) is 28.7 Å². The first-order chi connectivity index (χ1) is 10.8. The molecule has 5 nitrogen and oxygen atoms in total. The molecular weight excluding hydrogens is 276 g/mol. The first-order valence-corrected chi connectivity index (χ1v) is 7.37. The molecule has 1 aromatic heterocycles. The SMILES string of the molecule is Cc1ccc(/C=C/c2nc(C#N)c(N3CCNCC3)o2)cc1. The zero-order chi connectivity index (χ0) is 15.4. The maximum absolute atomic E-state index is 9.24. The van der Waals surface area contributed by atoms with Gasteiger partial charge >= 0.3 is 0 Å². The standard InChI is InChI=1S/C17H18N4O/c1-13-2-4-14(5-3-13)6-7-16-20-15(12-18)17(22-16)21-10-8-19-9-11-21/h2-7,19H,8-11H2,1H3/b7-6+. The number of nitrogens with zero attached hydrogens (tertiary/aromatic N) is 3. The second-order valence-corrected chi connectivity index (χ2v) is 5.30. The number of hydrogen-bond acceptors (Lipinski definition) is 5. The quantitative estimate of drug-likeness (QED) is 0.942. The highest BCUT2D eigenvalue weighted by Crippen LogP contribution is 2.23. The van der Waals surface area contributed by atoms with Gasteiger partial charge in [-0.1, -0.05) is 29.8 Å². The fourth-order valence-electron chi connectivity index (χ4n) is 2.40. The van der Waals surface area contributed by atoms with Crippen molar-refractivity contribution in [1.29, 1.82) is 5.26 Å². The predicted octanol–water partition coefficient (Wildman–Crippen LogP) is 2.43. The van der Waals surface area contributed by atoms with E-state index in [0.29, 0.717) is 17.5 Å². The van der Waals surface area contributed by atoms with Gasteiger partial charge in [-0.25, -0.2) is 0 Å². The average molecular weight is 294 g/mol. The van der Waals surface area contributed by atoms with Crippen LogP contribution in [0.3, 0.4) is 0 Å². The molecule has 2 aromatic rings. The highest BCUT2D eigenvalue weighted by atomic mass is 16.4. The van der Waals surface area contributed by atoms with E-state index in [4.69, 9.17) is 4.42 Å². The summed E-state index contributed by atoms with van der Waals surface area (Å²) in [5, 5.41) is 12.5. The largest absolute Gasteiger partial charge is 0.420 e. The Labute approximate surface area is 129 Å². The summed E-state index contributed by atoms with van der Waals surface area (Å²) in [5.41, 5.74) is 2.65. The molecule has 0 spiro atoms. The Morgan fingerprint density at radius 1 is 1.23 bits per heavy atom. The molecule has 22 heavy (non-hydrogen) atoms. The summed E-state index contributed by atoms with van der Waals surface area (Å²) in [5.74, 6) is 1.04. The van der Waals surface area contributed by atoms with Crippen LogP contribution in [0.25, 0.3) is 12.2 Å². The van der Waals surface area contributed by atoms with E-state index in [0.717, 1.165) is 31.7 Å². The number of oxazole rings is 1. The molecule has 5 heteroatoms. The van der Waals surface area contributed by atoms with Gasteiger partial charge in [0.1, 0.15) is 6.07 Å². The van der Waals surface area contributed by atoms with E-state index in [9.17, 15) is 5.26 Å². The molecule has 1 aliphatic heterocycles. The van der Waals surface area contributed by atoms with Crippen LogP contribution in [-0.2, 0) is 0 Å². The fraction of sp³-hybridized carbons (Fsp3) is 0.294. The third kappa shape index (κ3) is 3.18. The maximum Gasteiger partial charge on any atom is 0.235 e. The van der Waals surface area contributed by atoms with Crippen molar-refractivity contribution >= 4 is 18.0 Å². The van der Waals surface area contributed by atoms with Crippen LogP contribution in [0.4, 0.5) is 5.88 Å². The molecule has 0 bridgehead atoms. The van der Waals surface area contributed by atoms with Crippen LogP contribution in [0, 0.1) is 18.3 Å². The Kier molecular flexibility index (Phi) is 4.22. The molecule has 0 atom stereocenters. The van der Waals surface area contributed by atoms with Crippen LogP contribution in [0.1, 0.15) is 22.7 Å². The Balaban J connectivity index is 1.81. The van der Waals surface area contributed by atoms with Crippen molar-refractivity contribution in [3.8, 4) is 6.07 Å². The number of piperazine rings is 1. The fourth-order valence-corrected chi connectivity index (χ4v) is 2.40. The third-order valence-corrected chi connectivity index (χ3v) is 3.63. The van der Waals surface area contributed by atoms with Crippen molar-refractivity contribution in [3.63, 3.8) is 0 Å². The van der Waals surface area contributed by atoms with E-state index in [-0.39, 0.29) is 0 Å². The topological polar surface area (TPSA) is 65.1 Å². The minimum absolute atomic E-state index is 0.352. The summed E-state index contributed by atoms with van der Waals surface area (Å²) in [6.45, 7) is 5.48. The van der Waals surface area contributed by atoms with Crippen molar-refractivity contribution in [2.45, 2.75) is 6.92 Å². The second-order valence-electron chi connectivity index (χ2n) is 5.30. The van der Waals surface area contributed by atoms with Gasteiger partial charge in [0.05, 0.1) is 0 Å². The van der Waals surface area contributed by atoms with Gasteiger partial charge in [-0.15, -0.1) is 0 Å². The van der Waals surface area contributed by atoms with Gasteiger partial charge in [-0.05, 0) is 18.6 Å². The first kappa shape index (κ1) is 14.4. The van der Waals surface area contributed by atoms with Crippen LogP contribution in [-0.4, -0.2) is 31.2 Å². The number of hydrogen-bond donors (Lipinski definition) is 1. The number of rotatable bonds is 3. The second kappa shape index (κ2) is 6.46. The summed E-state index contributed by atoms with van der Waals surface area (Å²) in [6.07, 6.45) is 3.74. The van der Waals surface area contributed by atoms with Crippen molar-refractivity contribution in [2.24, 2.45) is 0 Å². The summed E-state index contributed by atoms with van der Waals surface area (Å²) in [6, 6.07) is 10.3. The lowest BCUT2D eigenvalue weighted by Gasteiger charge is -2.26. The van der Waals surface area contributed by atoms with E-state index in [1.54, 1.807) is 6.08 Å². The smallest absolute Gasteiger partial charge is 0.235 e. The van der Waals surface area contributed by atoms with Gasteiger partial charge in [-0.3, -0.25) is 0 Å². The number of aryl methyl sites for hydroxylation is 1. The Morgan fingerprint density at radius 3 is 2.64 bits per heavy atom. The molecule has 1 fully saturated rings. The number of aromatic nitrogens is 1. The molecule has 1 N–H and O–H groups in total. The molecule has 0 amide bonds. The molecule has 1 aromatic carbocycles. The van der Waals surface area contributed by atoms with E-state index in [2.05, 4.69) is 40.3 Å². The van der Waals surface area contributed by atoms with Gasteiger partial charge in [0.25, 0.3) is 0 Å². The Bertz CT molecular complexity index is 703. The number of benzene rings is 1. The van der Waals surface area contributed by atoms with Crippen molar-refractivity contribution in [3.05, 3.63) is 47.0 Å². The van der Waals surface area contributed by atoms with Crippen LogP contribution < -0.4 is 10.2 Å². The molecular formula is C17H18N4O. The van der Waals surface area contributed by atoms with Gasteiger partial charge in [0, 0.05) is 32.3 Å². The summed E-state index contributed by atoms with van der Waals surface area (Å²) >= 11 is 0. The van der Waals surface area contributed by atoms with Crippen molar-refractivity contribution < 1.29 is 4.42 Å². The lowest BCUT2D eigenvalue weighted by molar-refractivity contribution is 0.498. The van der Waals surface area contributed by atoms with Gasteiger partial charge < -0.3 is 14.6 Å². The minimum atomic E-state index is 0.352. The molecule has 1 aliphatic rings. The van der Waals surface area contributed by atoms with Gasteiger partial charge in [-0.2, -0.15) is 10.2 Å². The van der Waals surface area contributed by atoms with E-state index >= 15 is 0 Å². The summed E-state index contributed by atoms with van der Waals surface area (Å²) in [7, 11) is 0. The van der Waals surface area contributed by atoms with Crippen LogP contribution >= 0.6 is 0 Å². The molecule has 0 saturated carbocycles. The Hall–Kier alpha value is -2.58. The van der Waals surface area contributed by atoms with E-state index in [1.165, 1.54) is 5.56 Å². The molecule has 0 radical (unpaired) electrons. The monoisotopic (exact) mass is 294 g/mol.